The number of rotatable bonds is 2. The zero-order chi connectivity index (χ0) is 11.5. The first-order valence-corrected chi connectivity index (χ1v) is 6.68. The highest BCUT2D eigenvalue weighted by Gasteiger charge is 2.17. The second-order valence-corrected chi connectivity index (χ2v) is 4.98. The van der Waals surface area contributed by atoms with E-state index in [-0.39, 0.29) is 0 Å². The minimum absolute atomic E-state index is 0.556. The second kappa shape index (κ2) is 4.86. The molecule has 90 valence electrons. The summed E-state index contributed by atoms with van der Waals surface area (Å²) in [6, 6.07) is 0.556. The van der Waals surface area contributed by atoms with Gasteiger partial charge in [-0.25, -0.2) is 9.97 Å². The van der Waals surface area contributed by atoms with Gasteiger partial charge in [-0.2, -0.15) is 0 Å². The van der Waals surface area contributed by atoms with Crippen molar-refractivity contribution in [2.45, 2.75) is 51.0 Å². The van der Waals surface area contributed by atoms with Crippen molar-refractivity contribution >= 4 is 5.82 Å². The zero-order valence-corrected chi connectivity index (χ0v) is 10.2. The Morgan fingerprint density at radius 3 is 2.94 bits per heavy atom. The van der Waals surface area contributed by atoms with Crippen LogP contribution in [0, 0.1) is 0 Å². The van der Waals surface area contributed by atoms with Gasteiger partial charge in [0.2, 0.25) is 0 Å². The van der Waals surface area contributed by atoms with Crippen LogP contribution in [-0.4, -0.2) is 16.0 Å². The minimum Gasteiger partial charge on any atom is -0.367 e. The molecule has 0 saturated carbocycles. The van der Waals surface area contributed by atoms with Crippen LogP contribution in [0.4, 0.5) is 5.82 Å². The molecule has 1 aromatic rings. The molecule has 1 aromatic heterocycles. The Hall–Kier alpha value is -1.38. The van der Waals surface area contributed by atoms with Gasteiger partial charge >= 0.3 is 0 Å². The third-order valence-electron chi connectivity index (χ3n) is 3.73. The van der Waals surface area contributed by atoms with Crippen molar-refractivity contribution in [1.82, 2.24) is 9.97 Å². The van der Waals surface area contributed by atoms with E-state index in [2.05, 4.69) is 27.4 Å². The molecule has 0 aromatic carbocycles. The standard InChI is InChI=1S/C14H19N3/c1-2-6-11(7-3-1)17-14-12-8-4-5-9-13(12)15-10-16-14/h1-2,10-11H,3-9H2,(H,15,16,17). The van der Waals surface area contributed by atoms with Crippen LogP contribution in [-0.2, 0) is 12.8 Å². The summed E-state index contributed by atoms with van der Waals surface area (Å²) in [6.45, 7) is 0. The van der Waals surface area contributed by atoms with Crippen molar-refractivity contribution in [1.29, 1.82) is 0 Å². The van der Waals surface area contributed by atoms with E-state index in [1.165, 1.54) is 36.9 Å². The number of nitrogens with one attached hydrogen (secondary N) is 1. The Balaban J connectivity index is 1.80. The van der Waals surface area contributed by atoms with E-state index in [4.69, 9.17) is 0 Å². The van der Waals surface area contributed by atoms with Gasteiger partial charge in [0, 0.05) is 17.3 Å². The summed E-state index contributed by atoms with van der Waals surface area (Å²) in [5, 5.41) is 3.61. The molecule has 3 heteroatoms. The molecule has 0 amide bonds. The van der Waals surface area contributed by atoms with Crippen LogP contribution in [0.15, 0.2) is 18.5 Å². The van der Waals surface area contributed by atoms with Gasteiger partial charge in [-0.05, 0) is 44.9 Å². The van der Waals surface area contributed by atoms with E-state index in [1.807, 2.05) is 0 Å². The van der Waals surface area contributed by atoms with E-state index in [1.54, 1.807) is 6.33 Å². The third-order valence-corrected chi connectivity index (χ3v) is 3.73. The monoisotopic (exact) mass is 229 g/mol. The fourth-order valence-corrected chi connectivity index (χ4v) is 2.76. The molecule has 2 aliphatic rings. The first-order valence-electron chi connectivity index (χ1n) is 6.68. The predicted octanol–water partition coefficient (Wildman–Crippen LogP) is 2.88. The van der Waals surface area contributed by atoms with Crippen LogP contribution < -0.4 is 5.32 Å². The second-order valence-electron chi connectivity index (χ2n) is 4.98. The Morgan fingerprint density at radius 1 is 1.12 bits per heavy atom. The van der Waals surface area contributed by atoms with Crippen LogP contribution in [0.3, 0.4) is 0 Å². The lowest BCUT2D eigenvalue weighted by Gasteiger charge is -2.23. The molecule has 2 aliphatic carbocycles. The van der Waals surface area contributed by atoms with Crippen LogP contribution >= 0.6 is 0 Å². The van der Waals surface area contributed by atoms with E-state index in [0.29, 0.717) is 6.04 Å². The number of nitrogens with zero attached hydrogens (tertiary/aromatic N) is 2. The molecule has 1 heterocycles. The zero-order valence-electron chi connectivity index (χ0n) is 10.2. The van der Waals surface area contributed by atoms with Gasteiger partial charge in [-0.1, -0.05) is 12.2 Å². The molecule has 1 N–H and O–H groups in total. The Kier molecular flexibility index (Phi) is 3.08. The van der Waals surface area contributed by atoms with Crippen molar-refractivity contribution < 1.29 is 0 Å². The predicted molar refractivity (Wildman–Crippen MR) is 69.1 cm³/mol. The average Bonchev–Trinajstić information content (AvgIpc) is 2.40. The van der Waals surface area contributed by atoms with E-state index < -0.39 is 0 Å². The lowest BCUT2D eigenvalue weighted by Crippen LogP contribution is -2.23. The number of anilines is 1. The smallest absolute Gasteiger partial charge is 0.133 e. The average molecular weight is 229 g/mol. The van der Waals surface area contributed by atoms with Crippen LogP contribution in [0.1, 0.15) is 43.4 Å². The molecule has 0 bridgehead atoms. The van der Waals surface area contributed by atoms with Gasteiger partial charge in [-0.3, -0.25) is 0 Å². The highest BCUT2D eigenvalue weighted by molar-refractivity contribution is 5.47. The summed E-state index contributed by atoms with van der Waals surface area (Å²) in [5.74, 6) is 1.09. The lowest BCUT2D eigenvalue weighted by molar-refractivity contribution is 0.629. The highest BCUT2D eigenvalue weighted by Crippen LogP contribution is 2.26. The largest absolute Gasteiger partial charge is 0.367 e. The van der Waals surface area contributed by atoms with Gasteiger partial charge in [0.1, 0.15) is 12.1 Å². The lowest BCUT2D eigenvalue weighted by atomic mass is 9.95. The van der Waals surface area contributed by atoms with Gasteiger partial charge < -0.3 is 5.32 Å². The van der Waals surface area contributed by atoms with Crippen molar-refractivity contribution in [3.63, 3.8) is 0 Å². The molecule has 0 saturated heterocycles. The van der Waals surface area contributed by atoms with E-state index in [0.717, 1.165) is 25.1 Å². The van der Waals surface area contributed by atoms with Crippen LogP contribution in [0.5, 0.6) is 0 Å². The first kappa shape index (κ1) is 10.8. The molecule has 3 rings (SSSR count). The Morgan fingerprint density at radius 2 is 2.06 bits per heavy atom. The van der Waals surface area contributed by atoms with Crippen molar-refractivity contribution in [3.8, 4) is 0 Å². The minimum atomic E-state index is 0.556. The third kappa shape index (κ3) is 2.33. The fourth-order valence-electron chi connectivity index (χ4n) is 2.76. The molecular weight excluding hydrogens is 210 g/mol. The van der Waals surface area contributed by atoms with Gasteiger partial charge in [-0.15, -0.1) is 0 Å². The van der Waals surface area contributed by atoms with Crippen molar-refractivity contribution in [2.75, 3.05) is 5.32 Å². The maximum Gasteiger partial charge on any atom is 0.133 e. The maximum atomic E-state index is 4.44. The van der Waals surface area contributed by atoms with Crippen molar-refractivity contribution in [2.24, 2.45) is 0 Å². The van der Waals surface area contributed by atoms with Crippen molar-refractivity contribution in [3.05, 3.63) is 29.7 Å². The molecular formula is C14H19N3. The van der Waals surface area contributed by atoms with E-state index >= 15 is 0 Å². The molecule has 0 aliphatic heterocycles. The number of hydrogen-bond donors (Lipinski definition) is 1. The number of fused-ring (bicyclic) bond motifs is 1. The summed E-state index contributed by atoms with van der Waals surface area (Å²) in [4.78, 5) is 8.85. The topological polar surface area (TPSA) is 37.8 Å². The summed E-state index contributed by atoms with van der Waals surface area (Å²) in [5.41, 5.74) is 2.63. The summed E-state index contributed by atoms with van der Waals surface area (Å²) in [7, 11) is 0. The maximum absolute atomic E-state index is 4.44. The molecule has 0 fully saturated rings. The quantitative estimate of drug-likeness (QED) is 0.792. The SMILES string of the molecule is C1=CCC(Nc2ncnc3c2CCCC3)CC1. The van der Waals surface area contributed by atoms with Gasteiger partial charge in [0.15, 0.2) is 0 Å². The Labute approximate surface area is 102 Å². The summed E-state index contributed by atoms with van der Waals surface area (Å²) < 4.78 is 0. The number of aryl methyl sites for hydroxylation is 1. The molecule has 1 unspecified atom stereocenters. The number of allylic oxidation sites excluding steroid dienone is 1. The summed E-state index contributed by atoms with van der Waals surface area (Å²) in [6.07, 6.45) is 14.6. The first-order chi connectivity index (χ1) is 8.43. The molecule has 3 nitrogen and oxygen atoms in total. The van der Waals surface area contributed by atoms with Crippen LogP contribution in [0.2, 0.25) is 0 Å². The molecule has 0 spiro atoms. The number of aromatic nitrogens is 2. The molecule has 0 radical (unpaired) electrons. The van der Waals surface area contributed by atoms with Gasteiger partial charge in [0.25, 0.3) is 0 Å². The molecule has 1 atom stereocenters. The van der Waals surface area contributed by atoms with E-state index in [9.17, 15) is 0 Å². The number of hydrogen-bond acceptors (Lipinski definition) is 3. The highest BCUT2D eigenvalue weighted by atomic mass is 15.0. The Bertz CT molecular complexity index is 425. The van der Waals surface area contributed by atoms with Crippen LogP contribution in [0.25, 0.3) is 0 Å². The normalized spacial score (nSPS) is 23.2. The van der Waals surface area contributed by atoms with Gasteiger partial charge in [0.05, 0.1) is 0 Å². The fraction of sp³-hybridized carbons (Fsp3) is 0.571. The molecule has 17 heavy (non-hydrogen) atoms. The summed E-state index contributed by atoms with van der Waals surface area (Å²) >= 11 is 0.